The van der Waals surface area contributed by atoms with Gasteiger partial charge in [-0.3, -0.25) is 4.79 Å². The summed E-state index contributed by atoms with van der Waals surface area (Å²) in [4.78, 5) is 22.9. The minimum Gasteiger partial charge on any atom is -0.497 e. The number of hydrogen-bond acceptors (Lipinski definition) is 6. The molecule has 0 unspecified atom stereocenters. The molecule has 25 heavy (non-hydrogen) atoms. The molecule has 2 aromatic rings. The number of carbonyl (C=O) groups is 1. The Balaban J connectivity index is 1.48. The first kappa shape index (κ1) is 17.0. The van der Waals surface area contributed by atoms with Crippen LogP contribution >= 0.6 is 0 Å². The number of nitrogens with one attached hydrogen (secondary N) is 1. The second-order valence-electron chi connectivity index (χ2n) is 5.77. The van der Waals surface area contributed by atoms with E-state index < -0.39 is 0 Å². The molecule has 1 aliphatic heterocycles. The van der Waals surface area contributed by atoms with Crippen molar-refractivity contribution in [3.63, 3.8) is 0 Å². The Morgan fingerprint density at radius 3 is 2.84 bits per heavy atom. The van der Waals surface area contributed by atoms with E-state index in [1.807, 2.05) is 18.2 Å². The Labute approximate surface area is 147 Å². The lowest BCUT2D eigenvalue weighted by Gasteiger charge is -2.16. The zero-order chi connectivity index (χ0) is 17.5. The van der Waals surface area contributed by atoms with Crippen LogP contribution in [0.5, 0.6) is 11.5 Å². The van der Waals surface area contributed by atoms with E-state index >= 15 is 0 Å². The van der Waals surface area contributed by atoms with E-state index in [0.717, 1.165) is 18.9 Å². The molecule has 0 spiro atoms. The Morgan fingerprint density at radius 2 is 2.04 bits per heavy atom. The van der Waals surface area contributed by atoms with Crippen molar-refractivity contribution in [2.45, 2.75) is 19.4 Å². The molecule has 7 heteroatoms. The zero-order valence-corrected chi connectivity index (χ0v) is 14.3. The number of rotatable bonds is 7. The largest absolute Gasteiger partial charge is 0.497 e. The summed E-state index contributed by atoms with van der Waals surface area (Å²) in [7, 11) is 1.59. The number of ether oxygens (including phenoxy) is 2. The monoisotopic (exact) mass is 342 g/mol. The van der Waals surface area contributed by atoms with Gasteiger partial charge in [0, 0.05) is 25.4 Å². The quantitative estimate of drug-likeness (QED) is 0.826. The molecule has 2 heterocycles. The Kier molecular flexibility index (Phi) is 5.66. The van der Waals surface area contributed by atoms with Crippen molar-refractivity contribution >= 4 is 11.7 Å². The van der Waals surface area contributed by atoms with Gasteiger partial charge in [-0.25, -0.2) is 9.97 Å². The van der Waals surface area contributed by atoms with Crippen molar-refractivity contribution in [2.24, 2.45) is 0 Å². The van der Waals surface area contributed by atoms with Gasteiger partial charge in [-0.1, -0.05) is 6.07 Å². The van der Waals surface area contributed by atoms with Crippen molar-refractivity contribution in [1.29, 1.82) is 0 Å². The molecule has 0 bridgehead atoms. The summed E-state index contributed by atoms with van der Waals surface area (Å²) in [5.74, 6) is 2.56. The first-order chi connectivity index (χ1) is 12.2. The van der Waals surface area contributed by atoms with E-state index in [4.69, 9.17) is 9.47 Å². The number of hydrogen-bond donors (Lipinski definition) is 1. The Bertz CT molecular complexity index is 717. The second-order valence-corrected chi connectivity index (χ2v) is 5.77. The molecule has 1 fully saturated rings. The Morgan fingerprint density at radius 1 is 1.24 bits per heavy atom. The van der Waals surface area contributed by atoms with Crippen LogP contribution in [0, 0.1) is 0 Å². The molecule has 0 aliphatic carbocycles. The fraction of sp³-hybridized carbons (Fsp3) is 0.389. The van der Waals surface area contributed by atoms with E-state index in [-0.39, 0.29) is 19.1 Å². The molecule has 132 valence electrons. The van der Waals surface area contributed by atoms with Crippen LogP contribution in [-0.4, -0.2) is 42.7 Å². The number of methoxy groups -OCH3 is 1. The average molecular weight is 342 g/mol. The van der Waals surface area contributed by atoms with Crippen LogP contribution in [0.15, 0.2) is 36.5 Å². The van der Waals surface area contributed by atoms with Gasteiger partial charge in [0.1, 0.15) is 23.1 Å². The van der Waals surface area contributed by atoms with Crippen LogP contribution in [0.25, 0.3) is 0 Å². The molecule has 0 radical (unpaired) electrons. The van der Waals surface area contributed by atoms with Crippen molar-refractivity contribution in [1.82, 2.24) is 15.3 Å². The summed E-state index contributed by atoms with van der Waals surface area (Å²) in [6.45, 7) is 2.26. The van der Waals surface area contributed by atoms with Gasteiger partial charge >= 0.3 is 0 Å². The first-order valence-electron chi connectivity index (χ1n) is 8.35. The minimum atomic E-state index is -0.224. The van der Waals surface area contributed by atoms with Crippen molar-refractivity contribution in [3.05, 3.63) is 42.4 Å². The fourth-order valence-electron chi connectivity index (χ4n) is 2.66. The fourth-order valence-corrected chi connectivity index (χ4v) is 2.66. The third-order valence-corrected chi connectivity index (χ3v) is 3.98. The predicted octanol–water partition coefficient (Wildman–Crippen LogP) is 1.78. The number of anilines is 1. The third kappa shape index (κ3) is 4.82. The molecular weight excluding hydrogens is 320 g/mol. The van der Waals surface area contributed by atoms with E-state index in [1.165, 1.54) is 12.8 Å². The summed E-state index contributed by atoms with van der Waals surface area (Å²) in [6, 6.07) is 9.04. The van der Waals surface area contributed by atoms with Gasteiger partial charge in [0.2, 0.25) is 0 Å². The lowest BCUT2D eigenvalue weighted by molar-refractivity contribution is -0.123. The summed E-state index contributed by atoms with van der Waals surface area (Å²) < 4.78 is 10.6. The molecule has 7 nitrogen and oxygen atoms in total. The van der Waals surface area contributed by atoms with Crippen molar-refractivity contribution in [3.8, 4) is 11.5 Å². The highest BCUT2D eigenvalue weighted by atomic mass is 16.5. The highest BCUT2D eigenvalue weighted by Crippen LogP contribution is 2.19. The molecule has 1 amide bonds. The van der Waals surface area contributed by atoms with Gasteiger partial charge in [0.25, 0.3) is 5.91 Å². The van der Waals surface area contributed by atoms with Crippen LogP contribution in [0.3, 0.4) is 0 Å². The normalized spacial score (nSPS) is 13.6. The highest BCUT2D eigenvalue weighted by Gasteiger charge is 2.14. The number of aromatic nitrogens is 2. The van der Waals surface area contributed by atoms with Crippen molar-refractivity contribution in [2.75, 3.05) is 31.7 Å². The minimum absolute atomic E-state index is 0.0705. The van der Waals surface area contributed by atoms with Crippen LogP contribution in [0.2, 0.25) is 0 Å². The van der Waals surface area contributed by atoms with Gasteiger partial charge in [-0.2, -0.15) is 0 Å². The molecule has 1 N–H and O–H groups in total. The zero-order valence-electron chi connectivity index (χ0n) is 14.3. The molecule has 1 aromatic carbocycles. The molecule has 0 saturated carbocycles. The summed E-state index contributed by atoms with van der Waals surface area (Å²) in [5.41, 5.74) is 0. The predicted molar refractivity (Wildman–Crippen MR) is 93.8 cm³/mol. The van der Waals surface area contributed by atoms with Gasteiger partial charge < -0.3 is 19.7 Å². The summed E-state index contributed by atoms with van der Waals surface area (Å²) in [6.07, 6.45) is 4.12. The number of nitrogens with zero attached hydrogens (tertiary/aromatic N) is 3. The van der Waals surface area contributed by atoms with E-state index in [0.29, 0.717) is 17.3 Å². The van der Waals surface area contributed by atoms with Gasteiger partial charge in [-0.05, 0) is 31.0 Å². The summed E-state index contributed by atoms with van der Waals surface area (Å²) in [5, 5.41) is 2.78. The molecule has 0 atom stereocenters. The SMILES string of the molecule is COc1cccc(OCC(=O)NCc2nccc(N3CCCC3)n2)c1. The maximum atomic E-state index is 12.0. The lowest BCUT2D eigenvalue weighted by atomic mass is 10.3. The maximum absolute atomic E-state index is 12.0. The number of carbonyl (C=O) groups excluding carboxylic acids is 1. The first-order valence-corrected chi connectivity index (χ1v) is 8.35. The van der Waals surface area contributed by atoms with Crippen molar-refractivity contribution < 1.29 is 14.3 Å². The lowest BCUT2D eigenvalue weighted by Crippen LogP contribution is -2.29. The highest BCUT2D eigenvalue weighted by molar-refractivity contribution is 5.77. The van der Waals surface area contributed by atoms with Gasteiger partial charge in [0.05, 0.1) is 13.7 Å². The molecular formula is C18H22N4O3. The van der Waals surface area contributed by atoms with Crippen LogP contribution in [-0.2, 0) is 11.3 Å². The number of benzene rings is 1. The van der Waals surface area contributed by atoms with E-state index in [2.05, 4.69) is 20.2 Å². The van der Waals surface area contributed by atoms with Gasteiger partial charge in [-0.15, -0.1) is 0 Å². The van der Waals surface area contributed by atoms with Crippen LogP contribution < -0.4 is 19.7 Å². The molecule has 1 aromatic heterocycles. The molecule has 3 rings (SSSR count). The topological polar surface area (TPSA) is 76.6 Å². The van der Waals surface area contributed by atoms with Crippen LogP contribution in [0.4, 0.5) is 5.82 Å². The van der Waals surface area contributed by atoms with E-state index in [9.17, 15) is 4.79 Å². The molecule has 1 saturated heterocycles. The van der Waals surface area contributed by atoms with Gasteiger partial charge in [0.15, 0.2) is 6.61 Å². The second kappa shape index (κ2) is 8.32. The smallest absolute Gasteiger partial charge is 0.258 e. The number of amides is 1. The van der Waals surface area contributed by atoms with E-state index in [1.54, 1.807) is 25.4 Å². The standard InChI is InChI=1S/C18H22N4O3/c1-24-14-5-4-6-15(11-14)25-13-18(23)20-12-16-19-8-7-17(21-16)22-9-2-3-10-22/h4-8,11H,2-3,9-10,12-13H2,1H3,(H,20,23). The molecule has 1 aliphatic rings. The third-order valence-electron chi connectivity index (χ3n) is 3.98. The maximum Gasteiger partial charge on any atom is 0.258 e. The Hall–Kier alpha value is -2.83. The van der Waals surface area contributed by atoms with Crippen LogP contribution in [0.1, 0.15) is 18.7 Å². The summed E-state index contributed by atoms with van der Waals surface area (Å²) >= 11 is 0. The average Bonchev–Trinajstić information content (AvgIpc) is 3.20.